The number of anilines is 1. The van der Waals surface area contributed by atoms with Crippen molar-refractivity contribution in [1.82, 2.24) is 4.90 Å². The van der Waals surface area contributed by atoms with Gasteiger partial charge in [0.2, 0.25) is 15.9 Å². The Morgan fingerprint density at radius 3 is 2.35 bits per heavy atom. The predicted octanol–water partition coefficient (Wildman–Crippen LogP) is 2.98. The van der Waals surface area contributed by atoms with E-state index >= 15 is 0 Å². The highest BCUT2D eigenvalue weighted by atomic mass is 35.5. The average molecular weight is 361 g/mol. The van der Waals surface area contributed by atoms with E-state index in [9.17, 15) is 13.2 Å². The molecule has 0 aliphatic heterocycles. The van der Waals surface area contributed by atoms with E-state index in [2.05, 4.69) is 0 Å². The quantitative estimate of drug-likeness (QED) is 0.751. The Hall–Kier alpha value is -1.27. The Morgan fingerprint density at radius 1 is 1.26 bits per heavy atom. The lowest BCUT2D eigenvalue weighted by atomic mass is 10.1. The van der Waals surface area contributed by atoms with Crippen molar-refractivity contribution >= 4 is 33.2 Å². The van der Waals surface area contributed by atoms with Gasteiger partial charge in [0.05, 0.1) is 17.0 Å². The molecule has 0 aliphatic carbocycles. The fourth-order valence-corrected chi connectivity index (χ4v) is 3.74. The van der Waals surface area contributed by atoms with Gasteiger partial charge < -0.3 is 4.90 Å². The van der Waals surface area contributed by atoms with Gasteiger partial charge in [-0.15, -0.1) is 0 Å². The maximum Gasteiger partial charge on any atom is 0.243 e. The molecule has 5 nitrogen and oxygen atoms in total. The Morgan fingerprint density at radius 2 is 1.87 bits per heavy atom. The molecule has 0 bridgehead atoms. The SMILES string of the molecule is CCCCN(C)C(=O)CN(c1c(C)cc(C)cc1Cl)S(C)(=O)=O. The summed E-state index contributed by atoms with van der Waals surface area (Å²) in [6.07, 6.45) is 2.93. The molecule has 0 aliphatic rings. The van der Waals surface area contributed by atoms with E-state index in [4.69, 9.17) is 11.6 Å². The Labute approximate surface area is 144 Å². The molecule has 0 N–H and O–H groups in total. The molecule has 1 aromatic carbocycles. The number of rotatable bonds is 7. The Bertz CT molecular complexity index is 651. The fourth-order valence-electron chi connectivity index (χ4n) is 2.35. The second-order valence-electron chi connectivity index (χ2n) is 5.85. The number of likely N-dealkylation sites (N-methyl/N-ethyl adjacent to an activating group) is 1. The summed E-state index contributed by atoms with van der Waals surface area (Å²) in [5, 5.41) is 0.330. The number of nitrogens with zero attached hydrogens (tertiary/aromatic N) is 2. The number of halogens is 1. The van der Waals surface area contributed by atoms with Gasteiger partial charge in [0.15, 0.2) is 0 Å². The summed E-state index contributed by atoms with van der Waals surface area (Å²) in [6.45, 7) is 6.07. The number of carbonyl (C=O) groups excluding carboxylic acids is 1. The van der Waals surface area contributed by atoms with Gasteiger partial charge in [-0.25, -0.2) is 8.42 Å². The summed E-state index contributed by atoms with van der Waals surface area (Å²) in [4.78, 5) is 13.9. The van der Waals surface area contributed by atoms with E-state index in [-0.39, 0.29) is 12.5 Å². The van der Waals surface area contributed by atoms with Crippen molar-refractivity contribution in [2.24, 2.45) is 0 Å². The molecule has 1 rings (SSSR count). The van der Waals surface area contributed by atoms with Crippen LogP contribution in [0.1, 0.15) is 30.9 Å². The van der Waals surface area contributed by atoms with Gasteiger partial charge in [-0.1, -0.05) is 31.0 Å². The lowest BCUT2D eigenvalue weighted by Crippen LogP contribution is -2.42. The van der Waals surface area contributed by atoms with Gasteiger partial charge in [-0.05, 0) is 37.5 Å². The third-order valence-corrected chi connectivity index (χ3v) is 5.00. The molecule has 1 amide bonds. The van der Waals surface area contributed by atoms with Crippen molar-refractivity contribution in [3.05, 3.63) is 28.3 Å². The molecule has 7 heteroatoms. The summed E-state index contributed by atoms with van der Waals surface area (Å²) in [5.41, 5.74) is 2.04. The highest BCUT2D eigenvalue weighted by Gasteiger charge is 2.26. The minimum absolute atomic E-state index is 0.247. The standard InChI is InChI=1S/C16H25ClN2O3S/c1-6-7-8-18(4)15(20)11-19(23(5,21)22)16-13(3)9-12(2)10-14(16)17/h9-10H,6-8,11H2,1-5H3. The van der Waals surface area contributed by atoms with Crippen LogP contribution in [0.4, 0.5) is 5.69 Å². The number of hydrogen-bond acceptors (Lipinski definition) is 3. The normalized spacial score (nSPS) is 11.4. The minimum atomic E-state index is -3.62. The van der Waals surface area contributed by atoms with Crippen LogP contribution in [0.5, 0.6) is 0 Å². The molecule has 0 spiro atoms. The smallest absolute Gasteiger partial charge is 0.243 e. The van der Waals surface area contributed by atoms with Gasteiger partial charge in [0, 0.05) is 13.6 Å². The van der Waals surface area contributed by atoms with Crippen molar-refractivity contribution in [2.75, 3.05) is 30.7 Å². The fraction of sp³-hybridized carbons (Fsp3) is 0.562. The second kappa shape index (κ2) is 8.02. The van der Waals surface area contributed by atoms with Crippen LogP contribution in [0.25, 0.3) is 0 Å². The maximum absolute atomic E-state index is 12.3. The molecule has 130 valence electrons. The molecule has 0 fully saturated rings. The van der Waals surface area contributed by atoms with Crippen LogP contribution in [-0.4, -0.2) is 45.6 Å². The minimum Gasteiger partial charge on any atom is -0.344 e. The van der Waals surface area contributed by atoms with E-state index in [0.717, 1.165) is 34.5 Å². The van der Waals surface area contributed by atoms with Crippen molar-refractivity contribution in [3.8, 4) is 0 Å². The zero-order valence-electron chi connectivity index (χ0n) is 14.4. The number of amides is 1. The van der Waals surface area contributed by atoms with Gasteiger partial charge in [-0.3, -0.25) is 9.10 Å². The third-order valence-electron chi connectivity index (χ3n) is 3.60. The van der Waals surface area contributed by atoms with Crippen LogP contribution in [0, 0.1) is 13.8 Å². The Kier molecular flexibility index (Phi) is 6.89. The van der Waals surface area contributed by atoms with E-state index < -0.39 is 10.0 Å². The Balaban J connectivity index is 3.16. The van der Waals surface area contributed by atoms with Crippen molar-refractivity contribution in [1.29, 1.82) is 0 Å². The second-order valence-corrected chi connectivity index (χ2v) is 8.16. The lowest BCUT2D eigenvalue weighted by molar-refractivity contribution is -0.128. The molecule has 0 unspecified atom stereocenters. The number of hydrogen-bond donors (Lipinski definition) is 0. The van der Waals surface area contributed by atoms with Crippen molar-refractivity contribution in [3.63, 3.8) is 0 Å². The van der Waals surface area contributed by atoms with E-state index in [1.165, 1.54) is 0 Å². The van der Waals surface area contributed by atoms with E-state index in [1.807, 2.05) is 19.9 Å². The van der Waals surface area contributed by atoms with E-state index in [0.29, 0.717) is 17.3 Å². The molecule has 23 heavy (non-hydrogen) atoms. The highest BCUT2D eigenvalue weighted by Crippen LogP contribution is 2.32. The molecule has 0 atom stereocenters. The largest absolute Gasteiger partial charge is 0.344 e. The average Bonchev–Trinajstić information content (AvgIpc) is 2.41. The van der Waals surface area contributed by atoms with Gasteiger partial charge in [0.1, 0.15) is 6.54 Å². The van der Waals surface area contributed by atoms with Crippen LogP contribution < -0.4 is 4.31 Å². The molecule has 1 aromatic rings. The third kappa shape index (κ3) is 5.39. The molecule has 0 radical (unpaired) electrons. The number of sulfonamides is 1. The monoisotopic (exact) mass is 360 g/mol. The first-order valence-corrected chi connectivity index (χ1v) is 9.79. The molecular formula is C16H25ClN2O3S. The molecule has 0 aromatic heterocycles. The first-order valence-electron chi connectivity index (χ1n) is 7.56. The van der Waals surface area contributed by atoms with Crippen LogP contribution in [0.2, 0.25) is 5.02 Å². The first-order chi connectivity index (χ1) is 10.6. The predicted molar refractivity (Wildman–Crippen MR) is 95.7 cm³/mol. The van der Waals surface area contributed by atoms with Crippen LogP contribution >= 0.6 is 11.6 Å². The van der Waals surface area contributed by atoms with Crippen molar-refractivity contribution < 1.29 is 13.2 Å². The maximum atomic E-state index is 12.3. The summed E-state index contributed by atoms with van der Waals surface area (Å²) in [7, 11) is -1.94. The summed E-state index contributed by atoms with van der Waals surface area (Å²) >= 11 is 6.25. The van der Waals surface area contributed by atoms with E-state index in [1.54, 1.807) is 24.9 Å². The number of benzene rings is 1. The lowest BCUT2D eigenvalue weighted by Gasteiger charge is -2.27. The van der Waals surface area contributed by atoms with Crippen LogP contribution in [-0.2, 0) is 14.8 Å². The van der Waals surface area contributed by atoms with Gasteiger partial charge in [0.25, 0.3) is 0 Å². The molecule has 0 heterocycles. The zero-order chi connectivity index (χ0) is 17.8. The van der Waals surface area contributed by atoms with Gasteiger partial charge >= 0.3 is 0 Å². The molecular weight excluding hydrogens is 336 g/mol. The molecule has 0 saturated carbocycles. The zero-order valence-corrected chi connectivity index (χ0v) is 16.0. The number of carbonyl (C=O) groups is 1. The summed E-state index contributed by atoms with van der Waals surface area (Å²) in [5.74, 6) is -0.250. The van der Waals surface area contributed by atoms with Crippen molar-refractivity contribution in [2.45, 2.75) is 33.6 Å². The summed E-state index contributed by atoms with van der Waals surface area (Å²) < 4.78 is 25.5. The highest BCUT2D eigenvalue weighted by molar-refractivity contribution is 7.92. The van der Waals surface area contributed by atoms with Crippen LogP contribution in [0.3, 0.4) is 0 Å². The number of aryl methyl sites for hydroxylation is 2. The topological polar surface area (TPSA) is 57.7 Å². The number of unbranched alkanes of at least 4 members (excludes halogenated alkanes) is 1. The summed E-state index contributed by atoms with van der Waals surface area (Å²) in [6, 6.07) is 3.55. The molecule has 0 saturated heterocycles. The van der Waals surface area contributed by atoms with Gasteiger partial charge in [-0.2, -0.15) is 0 Å². The van der Waals surface area contributed by atoms with Crippen LogP contribution in [0.15, 0.2) is 12.1 Å². The first kappa shape index (κ1) is 19.8.